The van der Waals surface area contributed by atoms with Crippen molar-refractivity contribution in [3.05, 3.63) is 59.3 Å². The summed E-state index contributed by atoms with van der Waals surface area (Å²) in [5.74, 6) is -0.387. The highest BCUT2D eigenvalue weighted by molar-refractivity contribution is 5.96. The molecule has 1 aromatic carbocycles. The van der Waals surface area contributed by atoms with Crippen LogP contribution >= 0.6 is 0 Å². The zero-order chi connectivity index (χ0) is 25.0. The van der Waals surface area contributed by atoms with Crippen molar-refractivity contribution in [2.45, 2.75) is 57.0 Å². The fraction of sp³-hybridized carbons (Fsp3) is 0.480. The fourth-order valence-electron chi connectivity index (χ4n) is 4.56. The fourth-order valence-corrected chi connectivity index (χ4v) is 4.56. The number of hydrogen-bond donors (Lipinski definition) is 2. The lowest BCUT2D eigenvalue weighted by atomic mass is 9.89. The van der Waals surface area contributed by atoms with Crippen LogP contribution in [0.3, 0.4) is 0 Å². The number of benzene rings is 1. The van der Waals surface area contributed by atoms with Crippen LogP contribution in [0, 0.1) is 6.92 Å². The number of halogens is 3. The Morgan fingerprint density at radius 2 is 1.86 bits per heavy atom. The number of likely N-dealkylation sites (tertiary alicyclic amines) is 1. The van der Waals surface area contributed by atoms with E-state index in [2.05, 4.69) is 20.5 Å². The average Bonchev–Trinajstić information content (AvgIpc) is 2.81. The average molecular weight is 491 g/mol. The monoisotopic (exact) mass is 490 g/mol. The second-order valence-corrected chi connectivity index (χ2v) is 9.15. The van der Waals surface area contributed by atoms with Gasteiger partial charge in [0, 0.05) is 36.5 Å². The van der Waals surface area contributed by atoms with E-state index in [9.17, 15) is 22.8 Å². The van der Waals surface area contributed by atoms with Gasteiger partial charge < -0.3 is 15.4 Å². The number of amides is 2. The number of carbonyl (C=O) groups excluding carboxylic acids is 2. The van der Waals surface area contributed by atoms with Gasteiger partial charge in [0.05, 0.1) is 18.2 Å². The van der Waals surface area contributed by atoms with Gasteiger partial charge in [0.15, 0.2) is 0 Å². The molecule has 2 N–H and O–H groups in total. The molecule has 35 heavy (non-hydrogen) atoms. The van der Waals surface area contributed by atoms with Gasteiger partial charge in [-0.15, -0.1) is 0 Å². The topological polar surface area (TPSA) is 83.6 Å². The van der Waals surface area contributed by atoms with Crippen molar-refractivity contribution in [1.82, 2.24) is 20.5 Å². The van der Waals surface area contributed by atoms with Crippen molar-refractivity contribution in [3.63, 3.8) is 0 Å². The van der Waals surface area contributed by atoms with E-state index in [1.54, 1.807) is 6.20 Å². The first-order chi connectivity index (χ1) is 16.7. The van der Waals surface area contributed by atoms with Crippen LogP contribution < -0.4 is 15.4 Å². The maximum Gasteiger partial charge on any atom is 0.416 e. The summed E-state index contributed by atoms with van der Waals surface area (Å²) in [6.07, 6.45) is 1.31. The Kier molecular flexibility index (Phi) is 7.59. The number of aromatic nitrogens is 1. The van der Waals surface area contributed by atoms with Crippen molar-refractivity contribution >= 4 is 11.8 Å². The van der Waals surface area contributed by atoms with E-state index in [1.807, 2.05) is 19.1 Å². The summed E-state index contributed by atoms with van der Waals surface area (Å²) in [7, 11) is 0. The van der Waals surface area contributed by atoms with Crippen LogP contribution in [-0.2, 0) is 11.0 Å². The maximum atomic E-state index is 12.8. The molecule has 0 radical (unpaired) electrons. The van der Waals surface area contributed by atoms with Crippen LogP contribution in [0.15, 0.2) is 42.6 Å². The molecular weight excluding hydrogens is 461 g/mol. The van der Waals surface area contributed by atoms with Crippen LogP contribution in [0.4, 0.5) is 13.2 Å². The summed E-state index contributed by atoms with van der Waals surface area (Å²) >= 11 is 0. The quantitative estimate of drug-likeness (QED) is 0.622. The number of nitrogens with one attached hydrogen (secondary N) is 2. The molecule has 188 valence electrons. The van der Waals surface area contributed by atoms with E-state index in [1.165, 1.54) is 12.1 Å². The Morgan fingerprint density at radius 3 is 2.54 bits per heavy atom. The van der Waals surface area contributed by atoms with Gasteiger partial charge >= 0.3 is 6.18 Å². The highest BCUT2D eigenvalue weighted by atomic mass is 19.4. The number of nitrogens with zero attached hydrogens (tertiary/aromatic N) is 2. The van der Waals surface area contributed by atoms with Gasteiger partial charge in [0.2, 0.25) is 11.8 Å². The lowest BCUT2D eigenvalue weighted by Crippen LogP contribution is -2.63. The smallest absolute Gasteiger partial charge is 0.416 e. The molecule has 2 fully saturated rings. The Balaban J connectivity index is 1.14. The third-order valence-electron chi connectivity index (χ3n) is 6.54. The zero-order valence-electron chi connectivity index (χ0n) is 19.5. The van der Waals surface area contributed by atoms with Gasteiger partial charge in [-0.05, 0) is 56.9 Å². The second kappa shape index (κ2) is 10.6. The predicted octanol–water partition coefficient (Wildman–Crippen LogP) is 3.33. The van der Waals surface area contributed by atoms with Gasteiger partial charge in [-0.2, -0.15) is 13.2 Å². The second-order valence-electron chi connectivity index (χ2n) is 9.15. The van der Waals surface area contributed by atoms with Crippen molar-refractivity contribution in [2.24, 2.45) is 0 Å². The number of alkyl halides is 3. The lowest BCUT2D eigenvalue weighted by Gasteiger charge is -2.46. The van der Waals surface area contributed by atoms with Gasteiger partial charge in [-0.1, -0.05) is 12.1 Å². The predicted molar refractivity (Wildman–Crippen MR) is 123 cm³/mol. The third-order valence-corrected chi connectivity index (χ3v) is 6.54. The Morgan fingerprint density at radius 1 is 1.11 bits per heavy atom. The van der Waals surface area contributed by atoms with E-state index in [0.29, 0.717) is 11.9 Å². The first kappa shape index (κ1) is 25.0. The van der Waals surface area contributed by atoms with Gasteiger partial charge in [-0.25, -0.2) is 4.98 Å². The van der Waals surface area contributed by atoms with Gasteiger partial charge in [0.25, 0.3) is 5.91 Å². The van der Waals surface area contributed by atoms with Crippen molar-refractivity contribution in [1.29, 1.82) is 0 Å². The minimum Gasteiger partial charge on any atom is -0.474 e. The molecule has 0 unspecified atom stereocenters. The molecule has 1 aliphatic heterocycles. The summed E-state index contributed by atoms with van der Waals surface area (Å²) in [6, 6.07) is 8.44. The Bertz CT molecular complexity index is 1050. The molecule has 1 aromatic heterocycles. The standard InChI is InChI=1S/C25H29F3N4O3/c1-16-4-3-11-29-24(16)35-21-9-7-20(8-10-21)32-14-19(15-32)31-22(33)13-30-23(34)17-5-2-6-18(12-17)25(26,27)28/h2-6,11-12,19-21H,7-10,13-15H2,1H3,(H,30,34)(H,31,33)/t20-,21+. The van der Waals surface area contributed by atoms with Crippen LogP contribution in [-0.4, -0.2) is 59.5 Å². The largest absolute Gasteiger partial charge is 0.474 e. The van der Waals surface area contributed by atoms with Crippen LogP contribution in [0.25, 0.3) is 0 Å². The summed E-state index contributed by atoms with van der Waals surface area (Å²) in [5, 5.41) is 5.25. The lowest BCUT2D eigenvalue weighted by molar-refractivity contribution is -0.137. The van der Waals surface area contributed by atoms with Gasteiger partial charge in [-0.3, -0.25) is 14.5 Å². The number of ether oxygens (including phenoxy) is 1. The summed E-state index contributed by atoms with van der Waals surface area (Å²) in [4.78, 5) is 31.0. The molecule has 4 rings (SSSR count). The minimum atomic E-state index is -4.53. The Labute approximate surface area is 202 Å². The molecule has 7 nitrogen and oxygen atoms in total. The molecule has 10 heteroatoms. The number of hydrogen-bond acceptors (Lipinski definition) is 5. The first-order valence-electron chi connectivity index (χ1n) is 11.8. The highest BCUT2D eigenvalue weighted by Gasteiger charge is 2.36. The molecule has 2 amide bonds. The summed E-state index contributed by atoms with van der Waals surface area (Å²) in [5.41, 5.74) is -0.0150. The van der Waals surface area contributed by atoms with E-state index >= 15 is 0 Å². The third kappa shape index (κ3) is 6.50. The zero-order valence-corrected chi connectivity index (χ0v) is 19.5. The van der Waals surface area contributed by atoms with Crippen molar-refractivity contribution < 1.29 is 27.5 Å². The number of carbonyl (C=O) groups is 2. The number of pyridine rings is 1. The molecule has 1 saturated heterocycles. The molecule has 2 aliphatic rings. The molecule has 0 bridgehead atoms. The van der Waals surface area contributed by atoms with Crippen molar-refractivity contribution in [2.75, 3.05) is 19.6 Å². The Hall–Kier alpha value is -3.14. The first-order valence-corrected chi connectivity index (χ1v) is 11.8. The minimum absolute atomic E-state index is 0.00176. The van der Waals surface area contributed by atoms with E-state index in [4.69, 9.17) is 4.74 Å². The van der Waals surface area contributed by atoms with Crippen LogP contribution in [0.5, 0.6) is 5.88 Å². The molecule has 0 spiro atoms. The molecule has 1 saturated carbocycles. The van der Waals surface area contributed by atoms with Crippen LogP contribution in [0.1, 0.15) is 47.2 Å². The molecule has 1 aliphatic carbocycles. The number of rotatable bonds is 7. The maximum absolute atomic E-state index is 12.8. The molecule has 0 atom stereocenters. The van der Waals surface area contributed by atoms with E-state index in [0.717, 1.165) is 56.5 Å². The van der Waals surface area contributed by atoms with Crippen molar-refractivity contribution in [3.8, 4) is 5.88 Å². The van der Waals surface area contributed by atoms with E-state index in [-0.39, 0.29) is 30.2 Å². The highest BCUT2D eigenvalue weighted by Crippen LogP contribution is 2.30. The summed E-state index contributed by atoms with van der Waals surface area (Å²) in [6.45, 7) is 3.17. The molecule has 2 aromatic rings. The summed E-state index contributed by atoms with van der Waals surface area (Å²) < 4.78 is 44.5. The molecular formula is C25H29F3N4O3. The van der Waals surface area contributed by atoms with E-state index < -0.39 is 17.6 Å². The SMILES string of the molecule is Cc1cccnc1O[C@H]1CC[C@@H](N2CC(NC(=O)CNC(=O)c3cccc(C(F)(F)F)c3)C2)CC1. The molecule has 2 heterocycles. The van der Waals surface area contributed by atoms with Gasteiger partial charge in [0.1, 0.15) is 6.10 Å². The normalized spacial score (nSPS) is 21.1. The number of aryl methyl sites for hydroxylation is 1. The van der Waals surface area contributed by atoms with Crippen LogP contribution in [0.2, 0.25) is 0 Å².